The van der Waals surface area contributed by atoms with Crippen molar-refractivity contribution in [2.24, 2.45) is 4.99 Å². The minimum Gasteiger partial charge on any atom is -0.393 e. The highest BCUT2D eigenvalue weighted by Gasteiger charge is 2.42. The van der Waals surface area contributed by atoms with Crippen LogP contribution in [-0.2, 0) is 10.2 Å². The number of aromatic nitrogens is 3. The third-order valence-electron chi connectivity index (χ3n) is 6.98. The van der Waals surface area contributed by atoms with Crippen LogP contribution in [0.3, 0.4) is 0 Å². The molecule has 2 fully saturated rings. The molecule has 3 aromatic rings. The molecule has 4 heterocycles. The van der Waals surface area contributed by atoms with Gasteiger partial charge in [-0.3, -0.25) is 4.99 Å². The number of halogens is 4. The van der Waals surface area contributed by atoms with Crippen molar-refractivity contribution in [3.63, 3.8) is 0 Å². The van der Waals surface area contributed by atoms with E-state index in [1.807, 2.05) is 4.90 Å². The Morgan fingerprint density at radius 2 is 1.95 bits per heavy atom. The van der Waals surface area contributed by atoms with Gasteiger partial charge >= 0.3 is 6.55 Å². The summed E-state index contributed by atoms with van der Waals surface area (Å²) in [6.45, 7) is -2.69. The van der Waals surface area contributed by atoms with Gasteiger partial charge in [0.05, 0.1) is 11.8 Å². The van der Waals surface area contributed by atoms with Crippen molar-refractivity contribution in [1.29, 1.82) is 0 Å². The summed E-state index contributed by atoms with van der Waals surface area (Å²) in [5.74, 6) is -0.0995. The van der Waals surface area contributed by atoms with Gasteiger partial charge in [0.25, 0.3) is 10.2 Å². The molecule has 1 saturated heterocycles. The van der Waals surface area contributed by atoms with Crippen LogP contribution in [-0.4, -0.2) is 63.8 Å². The molecule has 16 heteroatoms. The van der Waals surface area contributed by atoms with Gasteiger partial charge in [-0.25, -0.2) is 14.1 Å². The highest BCUT2D eigenvalue weighted by Crippen LogP contribution is 2.46. The van der Waals surface area contributed by atoms with Crippen molar-refractivity contribution in [1.82, 2.24) is 29.1 Å². The van der Waals surface area contributed by atoms with Crippen molar-refractivity contribution < 1.29 is 26.7 Å². The topological polar surface area (TPSA) is 125 Å². The van der Waals surface area contributed by atoms with E-state index in [0.717, 1.165) is 12.3 Å². The van der Waals surface area contributed by atoms with Crippen molar-refractivity contribution in [3.8, 4) is 0 Å². The number of nitrogens with zero attached hydrogens (tertiary/aromatic N) is 5. The fourth-order valence-corrected chi connectivity index (χ4v) is 7.40. The molecular formula is C24H23ClF3N7O3S2. The molecule has 212 valence electrons. The summed E-state index contributed by atoms with van der Waals surface area (Å²) in [6, 6.07) is 3.47. The Hall–Kier alpha value is -2.82. The summed E-state index contributed by atoms with van der Waals surface area (Å²) in [5, 5.41) is 16.0. The Balaban J connectivity index is 1.44. The predicted octanol–water partition coefficient (Wildman–Crippen LogP) is 3.46. The van der Waals surface area contributed by atoms with E-state index in [1.54, 1.807) is 11.6 Å². The molecular weight excluding hydrogens is 591 g/mol. The molecule has 6 rings (SSSR count). The number of thiazole rings is 1. The zero-order chi connectivity index (χ0) is 28.2. The zero-order valence-corrected chi connectivity index (χ0v) is 23.0. The van der Waals surface area contributed by atoms with Crippen molar-refractivity contribution in [3.05, 3.63) is 74.8 Å². The van der Waals surface area contributed by atoms with Crippen LogP contribution in [0.25, 0.3) is 5.57 Å². The highest BCUT2D eigenvalue weighted by atomic mass is 35.5. The number of aliphatic hydroxyl groups excluding tert-OH is 1. The fraction of sp³-hybridized carbons (Fsp3) is 0.375. The average molecular weight is 614 g/mol. The van der Waals surface area contributed by atoms with Crippen LogP contribution in [0.1, 0.15) is 48.1 Å². The fourth-order valence-electron chi connectivity index (χ4n) is 5.19. The van der Waals surface area contributed by atoms with Gasteiger partial charge in [-0.1, -0.05) is 17.7 Å². The second kappa shape index (κ2) is 10.5. The Morgan fingerprint density at radius 3 is 2.60 bits per heavy atom. The van der Waals surface area contributed by atoms with Gasteiger partial charge in [-0.05, 0) is 31.0 Å². The van der Waals surface area contributed by atoms with Crippen molar-refractivity contribution in [2.45, 2.75) is 50.0 Å². The molecule has 2 aromatic heterocycles. The van der Waals surface area contributed by atoms with E-state index < -0.39 is 40.8 Å². The van der Waals surface area contributed by atoms with Crippen LogP contribution in [0.15, 0.2) is 52.7 Å². The maximum Gasteiger partial charge on any atom is 0.333 e. The summed E-state index contributed by atoms with van der Waals surface area (Å²) >= 11 is 7.79. The zero-order valence-electron chi connectivity index (χ0n) is 20.6. The number of hydrogen-bond acceptors (Lipinski definition) is 8. The molecule has 3 N–H and O–H groups in total. The summed E-state index contributed by atoms with van der Waals surface area (Å²) in [7, 11) is -3.92. The van der Waals surface area contributed by atoms with E-state index >= 15 is 0 Å². The third-order valence-corrected chi connectivity index (χ3v) is 9.37. The number of benzene rings is 1. The molecule has 0 radical (unpaired) electrons. The van der Waals surface area contributed by atoms with Crippen LogP contribution >= 0.6 is 22.9 Å². The largest absolute Gasteiger partial charge is 0.393 e. The first-order valence-corrected chi connectivity index (χ1v) is 15.1. The lowest BCUT2D eigenvalue weighted by Crippen LogP contribution is -2.52. The van der Waals surface area contributed by atoms with E-state index in [4.69, 9.17) is 16.6 Å². The lowest BCUT2D eigenvalue weighted by molar-refractivity contribution is 0.0564. The molecule has 2 atom stereocenters. The highest BCUT2D eigenvalue weighted by molar-refractivity contribution is 7.87. The summed E-state index contributed by atoms with van der Waals surface area (Å²) in [4.78, 5) is 11.1. The summed E-state index contributed by atoms with van der Waals surface area (Å²) in [6.07, 6.45) is 3.08. The van der Waals surface area contributed by atoms with E-state index in [1.165, 1.54) is 29.5 Å². The van der Waals surface area contributed by atoms with Gasteiger partial charge in [0.1, 0.15) is 11.9 Å². The number of amidine groups is 1. The molecule has 2 aliphatic heterocycles. The lowest BCUT2D eigenvalue weighted by atomic mass is 9.91. The minimum absolute atomic E-state index is 0.0919. The van der Waals surface area contributed by atoms with Gasteiger partial charge in [0.2, 0.25) is 0 Å². The number of alkyl halides is 2. The van der Waals surface area contributed by atoms with E-state index in [2.05, 4.69) is 19.5 Å². The van der Waals surface area contributed by atoms with Gasteiger partial charge in [-0.2, -0.15) is 31.7 Å². The quantitative estimate of drug-likeness (QED) is 0.357. The number of aliphatic hydroxyl groups is 1. The van der Waals surface area contributed by atoms with Crippen molar-refractivity contribution in [2.75, 3.05) is 6.54 Å². The maximum absolute atomic E-state index is 14.0. The van der Waals surface area contributed by atoms with Gasteiger partial charge < -0.3 is 10.0 Å². The summed E-state index contributed by atoms with van der Waals surface area (Å²) in [5.41, 5.74) is 1.69. The first kappa shape index (κ1) is 27.4. The molecule has 1 saturated carbocycles. The SMILES string of the molecule is O=S(=O)(NC1CC(O)C1)N[C@H]1CC2=C(c3ccn(C(F)F)n3)[C@H](c3ccc(F)cc3Cl)N=C(c3nccs3)N2C1. The van der Waals surface area contributed by atoms with Gasteiger partial charge in [0.15, 0.2) is 10.8 Å². The first-order valence-electron chi connectivity index (χ1n) is 12.3. The number of nitrogens with one attached hydrogen (secondary N) is 2. The molecule has 1 aliphatic carbocycles. The molecule has 0 spiro atoms. The lowest BCUT2D eigenvalue weighted by Gasteiger charge is -2.32. The monoisotopic (exact) mass is 613 g/mol. The standard InChI is InChI=1S/C24H23ClF3N7O3S2/c25-17-7-12(26)1-2-16(17)21-20(18-3-5-35(31-18)24(27)28)19-10-14(33-40(37,38)32-13-8-15(36)9-13)11-34(19)22(30-21)23-29-4-6-39-23/h1-7,13-15,21,24,32-33,36H,8-11H2/t13?,14-,15?,21-/m0/s1. The third kappa shape index (κ3) is 5.29. The van der Waals surface area contributed by atoms with E-state index in [9.17, 15) is 26.7 Å². The smallest absolute Gasteiger partial charge is 0.333 e. The Labute approximate surface area is 236 Å². The minimum atomic E-state index is -3.92. The van der Waals surface area contributed by atoms with Crippen LogP contribution in [0.2, 0.25) is 5.02 Å². The van der Waals surface area contributed by atoms with Crippen LogP contribution < -0.4 is 9.44 Å². The summed E-state index contributed by atoms with van der Waals surface area (Å²) < 4.78 is 72.4. The Morgan fingerprint density at radius 1 is 1.18 bits per heavy atom. The molecule has 3 aliphatic rings. The Bertz CT molecular complexity index is 1590. The van der Waals surface area contributed by atoms with E-state index in [0.29, 0.717) is 45.2 Å². The van der Waals surface area contributed by atoms with Crippen LogP contribution in [0, 0.1) is 5.82 Å². The average Bonchev–Trinajstić information content (AvgIpc) is 3.63. The Kier molecular flexibility index (Phi) is 7.21. The number of rotatable bonds is 8. The molecule has 1 aromatic carbocycles. The second-order valence-electron chi connectivity index (χ2n) is 9.75. The van der Waals surface area contributed by atoms with Gasteiger partial charge in [-0.15, -0.1) is 11.3 Å². The predicted molar refractivity (Wildman–Crippen MR) is 143 cm³/mol. The normalized spacial score (nSPS) is 24.9. The molecule has 0 bridgehead atoms. The maximum atomic E-state index is 14.0. The molecule has 40 heavy (non-hydrogen) atoms. The first-order chi connectivity index (χ1) is 19.1. The number of hydrogen-bond donors (Lipinski definition) is 3. The van der Waals surface area contributed by atoms with Crippen LogP contribution in [0.4, 0.5) is 13.2 Å². The number of fused-ring (bicyclic) bond motifs is 1. The van der Waals surface area contributed by atoms with E-state index in [-0.39, 0.29) is 29.7 Å². The van der Waals surface area contributed by atoms with Crippen molar-refractivity contribution >= 4 is 44.6 Å². The number of aliphatic imine (C=N–C) groups is 1. The molecule has 10 nitrogen and oxygen atoms in total. The molecule has 0 unspecified atom stereocenters. The molecule has 0 amide bonds. The van der Waals surface area contributed by atoms with Gasteiger partial charge in [0, 0.05) is 64.7 Å². The van der Waals surface area contributed by atoms with Crippen LogP contribution in [0.5, 0.6) is 0 Å². The second-order valence-corrected chi connectivity index (χ2v) is 12.5.